The average molecular weight is 815 g/mol. The van der Waals surface area contributed by atoms with Crippen molar-refractivity contribution in [1.82, 2.24) is 29.6 Å². The molecule has 0 fully saturated rings. The van der Waals surface area contributed by atoms with E-state index in [1.165, 1.54) is 40.6 Å². The molecule has 0 saturated heterocycles. The fraction of sp³-hybridized carbons (Fsp3) is 0.270. The first-order valence-corrected chi connectivity index (χ1v) is 19.2. The number of carbonyl (C=O) groups is 1. The van der Waals surface area contributed by atoms with E-state index in [2.05, 4.69) is 15.4 Å². The van der Waals surface area contributed by atoms with Crippen LogP contribution in [-0.2, 0) is 34.8 Å². The van der Waals surface area contributed by atoms with Crippen molar-refractivity contribution in [1.29, 1.82) is 0 Å². The van der Waals surface area contributed by atoms with Crippen molar-refractivity contribution in [3.8, 4) is 11.4 Å². The van der Waals surface area contributed by atoms with Gasteiger partial charge in [-0.1, -0.05) is 35.3 Å². The van der Waals surface area contributed by atoms with Gasteiger partial charge in [0, 0.05) is 19.5 Å². The first-order chi connectivity index (χ1) is 25.8. The standard InChI is InChI=1S/C37H35Cl2F2N7O6S/c1-37(2,3)54-36(50)42-27(17-21-15-22(40)18-23(41)16-21)33-44-32-25(11-14-29(39)43-32)35(49)48(33)28-13-12-26(38)30-31(28)46(4)45-34(30)47(55(6,51)52)19-20-7-9-24(53-5)10-8-20/h7-16,18,27H,17,19H2,1-6H3,(H,42,50)/t27-/m0/s1. The first-order valence-electron chi connectivity index (χ1n) is 16.6. The molecule has 0 spiro atoms. The Morgan fingerprint density at radius 1 is 0.982 bits per heavy atom. The van der Waals surface area contributed by atoms with Crippen LogP contribution in [0.1, 0.15) is 43.8 Å². The van der Waals surface area contributed by atoms with Crippen LogP contribution in [0.3, 0.4) is 0 Å². The Kier molecular flexibility index (Phi) is 10.8. The summed E-state index contributed by atoms with van der Waals surface area (Å²) in [5, 5.41) is 7.66. The van der Waals surface area contributed by atoms with Crippen LogP contribution in [0.2, 0.25) is 10.2 Å². The third-order valence-corrected chi connectivity index (χ3v) is 9.98. The van der Waals surface area contributed by atoms with Crippen LogP contribution in [-0.4, -0.2) is 57.8 Å². The number of pyridine rings is 1. The summed E-state index contributed by atoms with van der Waals surface area (Å²) in [6, 6.07) is 14.2. The number of amides is 1. The van der Waals surface area contributed by atoms with E-state index in [-0.39, 0.29) is 68.0 Å². The molecule has 6 aromatic rings. The number of sulfonamides is 1. The molecule has 0 aliphatic carbocycles. The zero-order valence-corrected chi connectivity index (χ0v) is 32.7. The summed E-state index contributed by atoms with van der Waals surface area (Å²) in [4.78, 5) is 37.0. The van der Waals surface area contributed by atoms with Gasteiger partial charge in [-0.25, -0.2) is 36.3 Å². The van der Waals surface area contributed by atoms with E-state index in [1.807, 2.05) is 0 Å². The summed E-state index contributed by atoms with van der Waals surface area (Å²) in [7, 11) is -0.930. The molecule has 0 aliphatic rings. The minimum atomic E-state index is -3.99. The molecule has 6 rings (SSSR count). The minimum Gasteiger partial charge on any atom is -0.497 e. The number of aromatic nitrogens is 5. The smallest absolute Gasteiger partial charge is 0.408 e. The summed E-state index contributed by atoms with van der Waals surface area (Å²) in [5.74, 6) is -1.31. The molecule has 1 amide bonds. The molecule has 18 heteroatoms. The van der Waals surface area contributed by atoms with Gasteiger partial charge in [0.25, 0.3) is 5.56 Å². The molecule has 13 nitrogen and oxygen atoms in total. The molecule has 0 unspecified atom stereocenters. The van der Waals surface area contributed by atoms with E-state index >= 15 is 0 Å². The molecular formula is C37H35Cl2F2N7O6S. The normalized spacial score (nSPS) is 12.5. The van der Waals surface area contributed by atoms with Gasteiger partial charge in [0.05, 0.1) is 53.0 Å². The maximum Gasteiger partial charge on any atom is 0.408 e. The molecule has 3 heterocycles. The lowest BCUT2D eigenvalue weighted by atomic mass is 10.0. The SMILES string of the molecule is COc1ccc(CN(c2nn(C)c3c(-n4c([C@H](Cc5cc(F)cc(F)c5)NC(=O)OC(C)(C)C)nc5nc(Cl)ccc5c4=O)ccc(Cl)c23)S(C)(=O)=O)cc1. The number of hydrogen-bond donors (Lipinski definition) is 1. The number of nitrogens with zero attached hydrogens (tertiary/aromatic N) is 6. The highest BCUT2D eigenvalue weighted by Crippen LogP contribution is 2.38. The monoisotopic (exact) mass is 813 g/mol. The molecule has 0 saturated carbocycles. The number of nitrogens with one attached hydrogen (secondary N) is 1. The van der Waals surface area contributed by atoms with Crippen molar-refractivity contribution in [2.75, 3.05) is 17.7 Å². The van der Waals surface area contributed by atoms with Gasteiger partial charge in [-0.15, -0.1) is 0 Å². The second-order valence-corrected chi connectivity index (χ2v) is 16.4. The van der Waals surface area contributed by atoms with E-state index in [1.54, 1.807) is 52.1 Å². The Hall–Kier alpha value is -5.32. The molecule has 288 valence electrons. The largest absolute Gasteiger partial charge is 0.497 e. The van der Waals surface area contributed by atoms with E-state index in [0.29, 0.717) is 17.4 Å². The highest BCUT2D eigenvalue weighted by atomic mass is 35.5. The van der Waals surface area contributed by atoms with Gasteiger partial charge in [0.1, 0.15) is 34.0 Å². The van der Waals surface area contributed by atoms with Gasteiger partial charge >= 0.3 is 6.09 Å². The van der Waals surface area contributed by atoms with E-state index in [9.17, 15) is 26.8 Å². The van der Waals surface area contributed by atoms with Crippen LogP contribution in [0, 0.1) is 11.6 Å². The van der Waals surface area contributed by atoms with Gasteiger partial charge in [-0.3, -0.25) is 14.0 Å². The lowest BCUT2D eigenvalue weighted by molar-refractivity contribution is 0.0500. The van der Waals surface area contributed by atoms with E-state index < -0.39 is 45.0 Å². The molecule has 0 radical (unpaired) electrons. The van der Waals surface area contributed by atoms with Gasteiger partial charge in [-0.2, -0.15) is 5.10 Å². The molecule has 3 aromatic carbocycles. The van der Waals surface area contributed by atoms with Crippen molar-refractivity contribution in [2.45, 2.75) is 45.4 Å². The number of halogens is 4. The number of ether oxygens (including phenoxy) is 2. The molecule has 55 heavy (non-hydrogen) atoms. The van der Waals surface area contributed by atoms with Gasteiger partial charge < -0.3 is 14.8 Å². The second-order valence-electron chi connectivity index (χ2n) is 13.7. The Morgan fingerprint density at radius 2 is 1.65 bits per heavy atom. The Morgan fingerprint density at radius 3 is 2.27 bits per heavy atom. The molecule has 0 aliphatic heterocycles. The number of benzene rings is 3. The Balaban J connectivity index is 1.63. The number of methoxy groups -OCH3 is 1. The summed E-state index contributed by atoms with van der Waals surface area (Å²) in [5.41, 5.74) is -0.625. The summed E-state index contributed by atoms with van der Waals surface area (Å²) < 4.78 is 70.2. The number of rotatable bonds is 10. The van der Waals surface area contributed by atoms with Crippen molar-refractivity contribution in [3.63, 3.8) is 0 Å². The summed E-state index contributed by atoms with van der Waals surface area (Å²) in [6.07, 6.45) is -0.158. The zero-order chi connectivity index (χ0) is 40.0. The fourth-order valence-corrected chi connectivity index (χ4v) is 7.29. The van der Waals surface area contributed by atoms with Crippen molar-refractivity contribution < 1.29 is 31.5 Å². The molecule has 3 aromatic heterocycles. The predicted octanol–water partition coefficient (Wildman–Crippen LogP) is 7.04. The second kappa shape index (κ2) is 15.1. The zero-order valence-electron chi connectivity index (χ0n) is 30.4. The number of alkyl carbamates (subject to hydrolysis) is 1. The van der Waals surface area contributed by atoms with Gasteiger partial charge in [-0.05, 0) is 80.4 Å². The van der Waals surface area contributed by atoms with Gasteiger partial charge in [0.2, 0.25) is 10.0 Å². The quantitative estimate of drug-likeness (QED) is 0.144. The lowest BCUT2D eigenvalue weighted by Crippen LogP contribution is -2.39. The highest BCUT2D eigenvalue weighted by molar-refractivity contribution is 7.92. The highest BCUT2D eigenvalue weighted by Gasteiger charge is 2.31. The number of fused-ring (bicyclic) bond motifs is 2. The van der Waals surface area contributed by atoms with Crippen LogP contribution in [0.25, 0.3) is 27.6 Å². The lowest BCUT2D eigenvalue weighted by Gasteiger charge is -2.26. The van der Waals surface area contributed by atoms with E-state index in [0.717, 1.165) is 22.7 Å². The van der Waals surface area contributed by atoms with E-state index in [4.69, 9.17) is 37.7 Å². The van der Waals surface area contributed by atoms with Crippen LogP contribution in [0.4, 0.5) is 19.4 Å². The Labute approximate surface area is 324 Å². The Bertz CT molecular complexity index is 2610. The molecular weight excluding hydrogens is 779 g/mol. The van der Waals surface area contributed by atoms with Crippen molar-refractivity contribution >= 4 is 67.1 Å². The average Bonchev–Trinajstić information content (AvgIpc) is 3.43. The van der Waals surface area contributed by atoms with Crippen molar-refractivity contribution in [3.05, 3.63) is 116 Å². The van der Waals surface area contributed by atoms with Crippen molar-refractivity contribution in [2.24, 2.45) is 7.05 Å². The summed E-state index contributed by atoms with van der Waals surface area (Å²) >= 11 is 13.1. The van der Waals surface area contributed by atoms with Crippen LogP contribution >= 0.6 is 23.2 Å². The first kappa shape index (κ1) is 39.4. The molecule has 1 N–H and O–H groups in total. The third kappa shape index (κ3) is 8.50. The number of hydrogen-bond acceptors (Lipinski definition) is 9. The van der Waals surface area contributed by atoms with Gasteiger partial charge in [0.15, 0.2) is 11.5 Å². The topological polar surface area (TPSA) is 151 Å². The maximum absolute atomic E-state index is 14.7. The summed E-state index contributed by atoms with van der Waals surface area (Å²) in [6.45, 7) is 4.83. The van der Waals surface area contributed by atoms with Crippen LogP contribution < -0.4 is 19.9 Å². The fourth-order valence-electron chi connectivity index (χ4n) is 6.09. The molecule has 0 bridgehead atoms. The minimum absolute atomic E-state index is 0.0230. The number of aryl methyl sites for hydroxylation is 1. The molecule has 1 atom stereocenters. The number of carbonyl (C=O) groups excluding carboxylic acids is 1. The maximum atomic E-state index is 14.7. The van der Waals surface area contributed by atoms with Crippen LogP contribution in [0.5, 0.6) is 5.75 Å². The number of anilines is 1. The predicted molar refractivity (Wildman–Crippen MR) is 206 cm³/mol. The third-order valence-electron chi connectivity index (χ3n) is 8.35. The van der Waals surface area contributed by atoms with Crippen LogP contribution in [0.15, 0.2) is 71.5 Å².